The summed E-state index contributed by atoms with van der Waals surface area (Å²) in [4.78, 5) is 42.0. The van der Waals surface area contributed by atoms with E-state index in [1.165, 1.54) is 0 Å². The Balaban J connectivity index is 1.83. The maximum absolute atomic E-state index is 12.5. The molecule has 5 heterocycles. The summed E-state index contributed by atoms with van der Waals surface area (Å²) < 4.78 is 0. The van der Waals surface area contributed by atoms with E-state index in [-0.39, 0.29) is 41.5 Å². The Bertz CT molecular complexity index is 1710. The molecule has 2 atom stereocenters. The van der Waals surface area contributed by atoms with E-state index in [1.54, 1.807) is 19.1 Å². The zero-order valence-electron chi connectivity index (χ0n) is 23.7. The number of nitrogens with zero attached hydrogens (tertiary/aromatic N) is 3. The molecule has 210 valence electrons. The maximum Gasteiger partial charge on any atom is 0.338 e. The Morgan fingerprint density at radius 2 is 1.68 bits per heavy atom. The lowest BCUT2D eigenvalue weighted by atomic mass is 9.82. The molecule has 5 rings (SSSR count). The van der Waals surface area contributed by atoms with Crippen LogP contribution >= 0.6 is 0 Å². The molecule has 0 saturated heterocycles. The lowest BCUT2D eigenvalue weighted by Gasteiger charge is -2.19. The second-order valence-electron chi connectivity index (χ2n) is 10.7. The smallest absolute Gasteiger partial charge is 0.338 e. The first kappa shape index (κ1) is 27.8. The van der Waals surface area contributed by atoms with Gasteiger partial charge in [0.15, 0.2) is 0 Å². The molecule has 0 fully saturated rings. The number of H-pyrrole nitrogens is 1. The van der Waals surface area contributed by atoms with Crippen molar-refractivity contribution in [2.45, 2.75) is 47.5 Å². The van der Waals surface area contributed by atoms with Gasteiger partial charge in [0.1, 0.15) is 0 Å². The molecule has 8 bridgehead atoms. The Kier molecular flexibility index (Phi) is 6.98. The van der Waals surface area contributed by atoms with Gasteiger partial charge in [0.05, 0.1) is 45.9 Å². The molecular formula is C32H32N4O5. The van der Waals surface area contributed by atoms with Gasteiger partial charge in [-0.05, 0) is 74.6 Å². The molecule has 0 amide bonds. The standard InChI is InChI=1S/C32H32N4O5/c1-7-19-16(4)24-11-25-17(5)20(8-9-28(38)39)30(35-25)21(13-37)31-29(32(40)41)18(6)26(36-31)10-22-14(2)15(3)23(33-22)12-27(19)34-24/h7,10-13,17,20,34,37H,1,8-9H2,2-6H3,(H,38,39)(H,40,41)/b21-13+,23-12?,25-11?,26-10?/t17-,20-/m0/s1. The van der Waals surface area contributed by atoms with Crippen molar-refractivity contribution in [3.8, 4) is 0 Å². The summed E-state index contributed by atoms with van der Waals surface area (Å²) in [6, 6.07) is 0. The number of aromatic nitrogens is 1. The molecule has 9 nitrogen and oxygen atoms in total. The second kappa shape index (κ2) is 10.3. The van der Waals surface area contributed by atoms with Crippen molar-refractivity contribution in [2.75, 3.05) is 0 Å². The summed E-state index contributed by atoms with van der Waals surface area (Å²) in [6.07, 6.45) is 8.44. The lowest BCUT2D eigenvalue weighted by molar-refractivity contribution is -0.137. The Labute approximate surface area is 237 Å². The molecule has 0 aliphatic carbocycles. The van der Waals surface area contributed by atoms with Crippen molar-refractivity contribution in [2.24, 2.45) is 26.8 Å². The predicted molar refractivity (Wildman–Crippen MR) is 161 cm³/mol. The van der Waals surface area contributed by atoms with Crippen LogP contribution in [0.3, 0.4) is 0 Å². The number of aliphatic hydroxyl groups is 1. The van der Waals surface area contributed by atoms with Crippen molar-refractivity contribution in [1.82, 2.24) is 4.98 Å². The van der Waals surface area contributed by atoms with Crippen molar-refractivity contribution < 1.29 is 24.9 Å². The van der Waals surface area contributed by atoms with Crippen LogP contribution in [0.15, 0.2) is 78.9 Å². The minimum atomic E-state index is -1.19. The molecule has 41 heavy (non-hydrogen) atoms. The number of nitrogens with one attached hydrogen (secondary N) is 1. The van der Waals surface area contributed by atoms with E-state index in [2.05, 4.69) is 11.6 Å². The molecule has 9 heteroatoms. The minimum absolute atomic E-state index is 0.0431. The number of rotatable bonds is 5. The number of allylic oxidation sites excluding steroid dienone is 6. The monoisotopic (exact) mass is 552 g/mol. The van der Waals surface area contributed by atoms with Gasteiger partial charge in [-0.25, -0.2) is 14.8 Å². The molecule has 0 aromatic carbocycles. The van der Waals surface area contributed by atoms with E-state index in [0.29, 0.717) is 28.4 Å². The number of hydrogen-bond acceptors (Lipinski definition) is 6. The topological polar surface area (TPSA) is 148 Å². The van der Waals surface area contributed by atoms with Crippen LogP contribution in [0.5, 0.6) is 0 Å². The highest BCUT2D eigenvalue weighted by molar-refractivity contribution is 6.39. The van der Waals surface area contributed by atoms with Crippen molar-refractivity contribution in [3.05, 3.63) is 86.4 Å². The van der Waals surface area contributed by atoms with Gasteiger partial charge in [-0.1, -0.05) is 19.6 Å². The van der Waals surface area contributed by atoms with Gasteiger partial charge in [0.25, 0.3) is 0 Å². The quantitative estimate of drug-likeness (QED) is 0.321. The number of aliphatic hydroxyl groups excluding tert-OH is 1. The molecule has 0 saturated carbocycles. The summed E-state index contributed by atoms with van der Waals surface area (Å²) in [5.74, 6) is -2.73. The van der Waals surface area contributed by atoms with Gasteiger partial charge in [0, 0.05) is 40.9 Å². The second-order valence-corrected chi connectivity index (χ2v) is 10.7. The van der Waals surface area contributed by atoms with Crippen LogP contribution in [-0.4, -0.2) is 49.4 Å². The third-order valence-corrected chi connectivity index (χ3v) is 8.43. The van der Waals surface area contributed by atoms with Gasteiger partial charge in [0.2, 0.25) is 0 Å². The van der Waals surface area contributed by atoms with E-state index in [0.717, 1.165) is 45.6 Å². The largest absolute Gasteiger partial charge is 0.515 e. The first-order valence-electron chi connectivity index (χ1n) is 13.4. The number of aliphatic imine (C=N–C) groups is 3. The number of hydrogen-bond donors (Lipinski definition) is 4. The third kappa shape index (κ3) is 4.57. The first-order chi connectivity index (χ1) is 19.5. The fraction of sp³-hybridized carbons (Fsp3) is 0.281. The third-order valence-electron chi connectivity index (χ3n) is 8.43. The number of fused-ring (bicyclic) bond motifs is 5. The fourth-order valence-corrected chi connectivity index (χ4v) is 5.82. The van der Waals surface area contributed by atoms with Crippen molar-refractivity contribution >= 4 is 47.3 Å². The summed E-state index contributed by atoms with van der Waals surface area (Å²) in [5.41, 5.74) is 9.08. The fourth-order valence-electron chi connectivity index (χ4n) is 5.82. The lowest BCUT2D eigenvalue weighted by Crippen LogP contribution is -2.25. The molecular weight excluding hydrogens is 520 g/mol. The predicted octanol–water partition coefficient (Wildman–Crippen LogP) is 6.21. The zero-order valence-corrected chi connectivity index (χ0v) is 23.7. The average molecular weight is 553 g/mol. The van der Waals surface area contributed by atoms with Gasteiger partial charge < -0.3 is 20.3 Å². The molecule has 1 aromatic rings. The van der Waals surface area contributed by atoms with Gasteiger partial charge >= 0.3 is 11.9 Å². The molecule has 1 aromatic heterocycles. The number of carboxylic acids is 2. The molecule has 4 aliphatic heterocycles. The summed E-state index contributed by atoms with van der Waals surface area (Å²) in [6.45, 7) is 13.6. The molecule has 0 spiro atoms. The normalized spacial score (nSPS) is 22.8. The highest BCUT2D eigenvalue weighted by atomic mass is 16.4. The van der Waals surface area contributed by atoms with E-state index in [9.17, 15) is 24.9 Å². The molecule has 0 radical (unpaired) electrons. The van der Waals surface area contributed by atoms with Gasteiger partial charge in [-0.15, -0.1) is 0 Å². The molecule has 0 unspecified atom stereocenters. The van der Waals surface area contributed by atoms with E-state index < -0.39 is 11.9 Å². The molecule has 4 N–H and O–H groups in total. The number of carbonyl (C=O) groups is 2. The Morgan fingerprint density at radius 3 is 2.32 bits per heavy atom. The molecule has 4 aliphatic rings. The van der Waals surface area contributed by atoms with Crippen molar-refractivity contribution in [3.63, 3.8) is 0 Å². The van der Waals surface area contributed by atoms with Crippen LogP contribution in [0.4, 0.5) is 0 Å². The summed E-state index contributed by atoms with van der Waals surface area (Å²) >= 11 is 0. The van der Waals surface area contributed by atoms with E-state index >= 15 is 0 Å². The Hall–Kier alpha value is -4.79. The van der Waals surface area contributed by atoms with Crippen LogP contribution in [0.2, 0.25) is 0 Å². The highest BCUT2D eigenvalue weighted by Gasteiger charge is 2.39. The highest BCUT2D eigenvalue weighted by Crippen LogP contribution is 2.41. The van der Waals surface area contributed by atoms with E-state index in [4.69, 9.17) is 15.0 Å². The average Bonchev–Trinajstić information content (AvgIpc) is 3.58. The number of carboxylic acid groups (broad SMARTS) is 2. The number of aliphatic carboxylic acids is 2. The van der Waals surface area contributed by atoms with Crippen molar-refractivity contribution in [1.29, 1.82) is 0 Å². The summed E-state index contributed by atoms with van der Waals surface area (Å²) in [7, 11) is 0. The van der Waals surface area contributed by atoms with Crippen LogP contribution in [-0.2, 0) is 9.59 Å². The van der Waals surface area contributed by atoms with Crippen LogP contribution in [0.25, 0.3) is 18.2 Å². The maximum atomic E-state index is 12.5. The number of aromatic amines is 1. The zero-order chi connectivity index (χ0) is 29.7. The van der Waals surface area contributed by atoms with Gasteiger partial charge in [-0.3, -0.25) is 9.79 Å². The van der Waals surface area contributed by atoms with Gasteiger partial charge in [-0.2, -0.15) is 0 Å². The summed E-state index contributed by atoms with van der Waals surface area (Å²) in [5, 5.41) is 30.2. The van der Waals surface area contributed by atoms with Crippen LogP contribution in [0, 0.1) is 18.8 Å². The Morgan fingerprint density at radius 1 is 0.976 bits per heavy atom. The SMILES string of the molecule is C=Cc1c2[nH]c(c1C)C=C1N=C(/C(=C\O)C3=NC(=CC4=NC(=C2)C(C)=C4C)C(C)=C3C(=O)O)[C@@H](CCC(=O)O)[C@@H]1C. The van der Waals surface area contributed by atoms with E-state index in [1.807, 2.05) is 39.8 Å². The minimum Gasteiger partial charge on any atom is -0.515 e. The van der Waals surface area contributed by atoms with Crippen LogP contribution < -0.4 is 0 Å². The first-order valence-corrected chi connectivity index (χ1v) is 13.4. The van der Waals surface area contributed by atoms with Crippen LogP contribution in [0.1, 0.15) is 63.1 Å².